The molecule has 1 saturated heterocycles. The van der Waals surface area contributed by atoms with Crippen LogP contribution in [0, 0.1) is 0 Å². The highest BCUT2D eigenvalue weighted by molar-refractivity contribution is 6.06. The predicted molar refractivity (Wildman–Crippen MR) is 61.4 cm³/mol. The van der Waals surface area contributed by atoms with Crippen molar-refractivity contribution >= 4 is 23.6 Å². The largest absolute Gasteiger partial charge is 0.358 e. The first-order chi connectivity index (χ1) is 8.11. The van der Waals surface area contributed by atoms with E-state index >= 15 is 0 Å². The van der Waals surface area contributed by atoms with Gasteiger partial charge in [0.05, 0.1) is 6.42 Å². The number of nitrogens with one attached hydrogen (secondary N) is 2. The quantitative estimate of drug-likeness (QED) is 0.699. The molecule has 2 N–H and O–H groups in total. The van der Waals surface area contributed by atoms with Gasteiger partial charge in [-0.15, -0.1) is 0 Å². The molecule has 0 bridgehead atoms. The summed E-state index contributed by atoms with van der Waals surface area (Å²) in [5.74, 6) is 0.556. The summed E-state index contributed by atoms with van der Waals surface area (Å²) in [7, 11) is 3.18. The van der Waals surface area contributed by atoms with E-state index in [-0.39, 0.29) is 18.2 Å². The van der Waals surface area contributed by atoms with Gasteiger partial charge >= 0.3 is 0 Å². The van der Waals surface area contributed by atoms with Gasteiger partial charge in [-0.25, -0.2) is 4.98 Å². The number of hydrogen-bond acceptors (Lipinski definition) is 6. The van der Waals surface area contributed by atoms with Gasteiger partial charge in [0.25, 0.3) is 5.91 Å². The average molecular weight is 235 g/mol. The Kier molecular flexibility index (Phi) is 2.90. The van der Waals surface area contributed by atoms with E-state index in [1.165, 1.54) is 7.05 Å². The zero-order valence-electron chi connectivity index (χ0n) is 9.60. The monoisotopic (exact) mass is 235 g/mol. The molecule has 1 aliphatic rings. The van der Waals surface area contributed by atoms with Crippen molar-refractivity contribution < 1.29 is 9.59 Å². The number of amides is 2. The van der Waals surface area contributed by atoms with Crippen LogP contribution in [-0.2, 0) is 9.59 Å². The number of likely N-dealkylation sites (tertiary alicyclic amines) is 1. The Balaban J connectivity index is 2.11. The van der Waals surface area contributed by atoms with Crippen LogP contribution in [0.4, 0.5) is 11.8 Å². The number of imide groups is 1. The standard InChI is InChI=1S/C10H13N5O2/c1-11-10-12-4-3-7(14-10)13-6-5-8(16)15(2)9(6)17/h3-4,6H,5H2,1-2H3,(H2,11,12,13,14). The van der Waals surface area contributed by atoms with E-state index < -0.39 is 6.04 Å². The number of likely N-dealkylation sites (N-methyl/N-ethyl adjacent to an activating group) is 1. The van der Waals surface area contributed by atoms with E-state index in [9.17, 15) is 9.59 Å². The number of aromatic nitrogens is 2. The zero-order valence-corrected chi connectivity index (χ0v) is 9.60. The number of carbonyl (C=O) groups excluding carboxylic acids is 2. The smallest absolute Gasteiger partial charge is 0.251 e. The van der Waals surface area contributed by atoms with E-state index in [0.29, 0.717) is 11.8 Å². The molecule has 1 unspecified atom stereocenters. The molecule has 7 nitrogen and oxygen atoms in total. The van der Waals surface area contributed by atoms with Crippen molar-refractivity contribution in [2.24, 2.45) is 0 Å². The molecule has 90 valence electrons. The molecule has 0 aliphatic carbocycles. The number of hydrogen-bond donors (Lipinski definition) is 2. The number of nitrogens with zero attached hydrogens (tertiary/aromatic N) is 3. The summed E-state index contributed by atoms with van der Waals surface area (Å²) in [4.78, 5) is 32.2. The summed E-state index contributed by atoms with van der Waals surface area (Å²) in [5.41, 5.74) is 0. The third-order valence-electron chi connectivity index (χ3n) is 2.58. The third-order valence-corrected chi connectivity index (χ3v) is 2.58. The van der Waals surface area contributed by atoms with Crippen molar-refractivity contribution in [1.29, 1.82) is 0 Å². The summed E-state index contributed by atoms with van der Waals surface area (Å²) >= 11 is 0. The lowest BCUT2D eigenvalue weighted by molar-refractivity contribution is -0.136. The second-order valence-corrected chi connectivity index (χ2v) is 3.71. The van der Waals surface area contributed by atoms with Gasteiger partial charge in [-0.3, -0.25) is 14.5 Å². The molecule has 1 aromatic heterocycles. The van der Waals surface area contributed by atoms with Gasteiger partial charge in [0.2, 0.25) is 11.9 Å². The third kappa shape index (κ3) is 2.17. The van der Waals surface area contributed by atoms with E-state index in [0.717, 1.165) is 4.90 Å². The van der Waals surface area contributed by atoms with Gasteiger partial charge in [-0.1, -0.05) is 0 Å². The molecule has 0 spiro atoms. The van der Waals surface area contributed by atoms with E-state index in [4.69, 9.17) is 0 Å². The molecule has 0 aromatic carbocycles. The Morgan fingerprint density at radius 1 is 1.47 bits per heavy atom. The van der Waals surface area contributed by atoms with Crippen molar-refractivity contribution in [3.05, 3.63) is 12.3 Å². The van der Waals surface area contributed by atoms with Crippen molar-refractivity contribution in [3.8, 4) is 0 Å². The normalized spacial score (nSPS) is 19.6. The van der Waals surface area contributed by atoms with Crippen LogP contribution in [0.15, 0.2) is 12.3 Å². The Morgan fingerprint density at radius 3 is 2.82 bits per heavy atom. The van der Waals surface area contributed by atoms with Crippen LogP contribution in [0.1, 0.15) is 6.42 Å². The Labute approximate surface area is 98.2 Å². The molecular formula is C10H13N5O2. The van der Waals surface area contributed by atoms with E-state index in [2.05, 4.69) is 20.6 Å². The summed E-state index contributed by atoms with van der Waals surface area (Å²) in [6.07, 6.45) is 1.74. The second kappa shape index (κ2) is 4.36. The minimum Gasteiger partial charge on any atom is -0.358 e. The number of rotatable bonds is 3. The Hall–Kier alpha value is -2.18. The van der Waals surface area contributed by atoms with E-state index in [1.54, 1.807) is 19.3 Å². The van der Waals surface area contributed by atoms with Crippen molar-refractivity contribution in [2.75, 3.05) is 24.7 Å². The van der Waals surface area contributed by atoms with Gasteiger partial charge in [-0.2, -0.15) is 4.98 Å². The van der Waals surface area contributed by atoms with Gasteiger partial charge in [0.15, 0.2) is 0 Å². The molecule has 1 aliphatic heterocycles. The summed E-state index contributed by atoms with van der Waals surface area (Å²) in [5, 5.41) is 5.72. The maximum absolute atomic E-state index is 11.7. The average Bonchev–Trinajstić information content (AvgIpc) is 2.57. The number of carbonyl (C=O) groups is 2. The first kappa shape index (κ1) is 11.3. The fraction of sp³-hybridized carbons (Fsp3) is 0.400. The predicted octanol–water partition coefficient (Wildman–Crippen LogP) is -0.313. The Morgan fingerprint density at radius 2 is 2.24 bits per heavy atom. The zero-order chi connectivity index (χ0) is 12.4. The van der Waals surface area contributed by atoms with Crippen molar-refractivity contribution in [2.45, 2.75) is 12.5 Å². The fourth-order valence-corrected chi connectivity index (χ4v) is 1.61. The molecule has 0 radical (unpaired) electrons. The minimum absolute atomic E-state index is 0.161. The second-order valence-electron chi connectivity index (χ2n) is 3.71. The molecule has 17 heavy (non-hydrogen) atoms. The highest BCUT2D eigenvalue weighted by Crippen LogP contribution is 2.15. The Bertz CT molecular complexity index is 462. The van der Waals surface area contributed by atoms with Crippen LogP contribution in [0.3, 0.4) is 0 Å². The van der Waals surface area contributed by atoms with Crippen LogP contribution in [-0.4, -0.2) is 46.8 Å². The topological polar surface area (TPSA) is 87.2 Å². The molecule has 2 heterocycles. The SMILES string of the molecule is CNc1nccc(NC2CC(=O)N(C)C2=O)n1. The first-order valence-corrected chi connectivity index (χ1v) is 5.19. The van der Waals surface area contributed by atoms with Gasteiger partial charge < -0.3 is 10.6 Å². The molecular weight excluding hydrogens is 222 g/mol. The highest BCUT2D eigenvalue weighted by Gasteiger charge is 2.36. The lowest BCUT2D eigenvalue weighted by Gasteiger charge is -2.11. The molecule has 7 heteroatoms. The van der Waals surface area contributed by atoms with Crippen LogP contribution in [0.5, 0.6) is 0 Å². The van der Waals surface area contributed by atoms with Gasteiger partial charge in [-0.05, 0) is 6.07 Å². The fourth-order valence-electron chi connectivity index (χ4n) is 1.61. The van der Waals surface area contributed by atoms with Gasteiger partial charge in [0.1, 0.15) is 11.9 Å². The summed E-state index contributed by atoms with van der Waals surface area (Å²) in [6.45, 7) is 0. The van der Waals surface area contributed by atoms with Crippen LogP contribution in [0.2, 0.25) is 0 Å². The van der Waals surface area contributed by atoms with Crippen LogP contribution < -0.4 is 10.6 Å². The minimum atomic E-state index is -0.535. The van der Waals surface area contributed by atoms with Crippen molar-refractivity contribution in [1.82, 2.24) is 14.9 Å². The first-order valence-electron chi connectivity index (χ1n) is 5.19. The maximum atomic E-state index is 11.7. The molecule has 0 saturated carbocycles. The lowest BCUT2D eigenvalue weighted by atomic mass is 10.2. The summed E-state index contributed by atoms with van der Waals surface area (Å²) < 4.78 is 0. The summed E-state index contributed by atoms with van der Waals surface area (Å²) in [6, 6.07) is 1.11. The van der Waals surface area contributed by atoms with Crippen LogP contribution >= 0.6 is 0 Å². The van der Waals surface area contributed by atoms with Crippen LogP contribution in [0.25, 0.3) is 0 Å². The molecule has 1 aromatic rings. The van der Waals surface area contributed by atoms with Crippen molar-refractivity contribution in [3.63, 3.8) is 0 Å². The van der Waals surface area contributed by atoms with Gasteiger partial charge in [0, 0.05) is 20.3 Å². The number of anilines is 2. The lowest BCUT2D eigenvalue weighted by Crippen LogP contribution is -2.32. The molecule has 2 amide bonds. The molecule has 1 fully saturated rings. The maximum Gasteiger partial charge on any atom is 0.251 e. The van der Waals surface area contributed by atoms with E-state index in [1.807, 2.05) is 0 Å². The molecule has 1 atom stereocenters. The highest BCUT2D eigenvalue weighted by atomic mass is 16.2. The molecule has 2 rings (SSSR count).